The van der Waals surface area contributed by atoms with Crippen LogP contribution in [0.15, 0.2) is 66.7 Å². The number of ether oxygens (including phenoxy) is 1. The van der Waals surface area contributed by atoms with Crippen molar-refractivity contribution in [2.45, 2.75) is 119 Å². The number of hydrogen-bond donors (Lipinski definition) is 7. The molecule has 3 unspecified atom stereocenters. The van der Waals surface area contributed by atoms with Crippen LogP contribution in [0.5, 0.6) is 0 Å². The van der Waals surface area contributed by atoms with Crippen LogP contribution < -0.4 is 27.0 Å². The molecule has 4 aromatic rings. The van der Waals surface area contributed by atoms with Crippen molar-refractivity contribution < 1.29 is 71.0 Å². The van der Waals surface area contributed by atoms with Crippen LogP contribution in [0, 0.1) is 17.8 Å². The molecule has 27 heteroatoms. The molecule has 0 aliphatic carbocycles. The Morgan fingerprint density at radius 3 is 2.39 bits per heavy atom. The lowest BCUT2D eigenvalue weighted by Crippen LogP contribution is -2.63. The number of nitrogens with two attached hydrogens (primary N) is 1. The monoisotopic (exact) mass is 1200 g/mol. The molecule has 0 bridgehead atoms. The van der Waals surface area contributed by atoms with E-state index in [-0.39, 0.29) is 60.3 Å². The number of hydrogen-bond acceptors (Lipinski definition) is 15. The first-order valence-corrected chi connectivity index (χ1v) is 29.8. The lowest BCUT2D eigenvalue weighted by Gasteiger charge is -2.41. The van der Waals surface area contributed by atoms with Gasteiger partial charge in [0.2, 0.25) is 23.6 Å². The largest absolute Gasteiger partial charge is 0.428 e. The third kappa shape index (κ3) is 13.4. The van der Waals surface area contributed by atoms with E-state index in [0.717, 1.165) is 35.5 Å². The van der Waals surface area contributed by atoms with E-state index in [4.69, 9.17) is 22.1 Å². The summed E-state index contributed by atoms with van der Waals surface area (Å²) in [5, 5.41) is 11.2. The zero-order chi connectivity index (χ0) is 59.5. The minimum absolute atomic E-state index is 0.00754. The van der Waals surface area contributed by atoms with E-state index in [9.17, 15) is 66.3 Å². The van der Waals surface area contributed by atoms with Gasteiger partial charge in [-0.05, 0) is 137 Å². The first kappa shape index (κ1) is 60.6. The molecule has 4 fully saturated rings. The number of alkyl halides is 2. The van der Waals surface area contributed by atoms with Gasteiger partial charge in [-0.25, -0.2) is 4.79 Å². The summed E-state index contributed by atoms with van der Waals surface area (Å²) in [7, 11) is -4.13. The van der Waals surface area contributed by atoms with Crippen LogP contribution in [0.4, 0.5) is 13.6 Å². The van der Waals surface area contributed by atoms with Crippen molar-refractivity contribution in [3.63, 3.8) is 0 Å². The van der Waals surface area contributed by atoms with E-state index in [1.54, 1.807) is 43.4 Å². The molecule has 7 amide bonds. The van der Waals surface area contributed by atoms with Gasteiger partial charge in [0.25, 0.3) is 11.8 Å². The normalized spacial score (nSPS) is 22.4. The second-order valence-electron chi connectivity index (χ2n) is 21.4. The molecule has 1 aromatic heterocycles. The standard InChI is InChI=1S/C56H61ClF2N9O13PS/c1-65-22-21-37-14-15-44(68(37)54(76)40(28-65)61-51(74)46-26-34-25-35(11-17-45(34)83-46)56(58,59)82(78,79)80)50(73)62-42(30-70)52(81-55(60)77)63-41(29-69)48(33-9-12-36(57)13-10-33)66-23-19-31(20-24-66)5-2-3-6-32-7-4-8-38-39(32)27-67(53(38)75)43-16-18-47(71)64-49(43)72/h4,7-13,17,25-26,29-31,37,40-44,48,52,63H,2,5,14-16,18-24,27-28H2,1H3,(H2,60,77)(H,61,74)(H,62,73)(H,64,71,72)(H2,78,79,80)/t37-,40+,41-,42-,43?,44+,48?,52?/m1/s1. The highest BCUT2D eigenvalue weighted by Crippen LogP contribution is 2.59. The van der Waals surface area contributed by atoms with E-state index >= 15 is 0 Å². The molecule has 0 radical (unpaired) electrons. The average molecular weight is 1200 g/mol. The molecule has 4 saturated heterocycles. The van der Waals surface area contributed by atoms with Crippen LogP contribution in [0.2, 0.25) is 5.02 Å². The molecule has 5 aliphatic heterocycles. The number of primary amides is 1. The van der Waals surface area contributed by atoms with E-state index in [1.807, 2.05) is 11.0 Å². The van der Waals surface area contributed by atoms with Crippen molar-refractivity contribution in [1.29, 1.82) is 0 Å². The van der Waals surface area contributed by atoms with Gasteiger partial charge in [-0.15, -0.1) is 11.3 Å². The molecule has 22 nitrogen and oxygen atoms in total. The fourth-order valence-corrected chi connectivity index (χ4v) is 13.3. The summed E-state index contributed by atoms with van der Waals surface area (Å²) in [5.41, 5.74) is 2.66. The zero-order valence-corrected chi connectivity index (χ0v) is 47.3. The Hall–Kier alpha value is -7.01. The molecule has 8 N–H and O–H groups in total. The summed E-state index contributed by atoms with van der Waals surface area (Å²) in [6.07, 6.45) is 1.95. The van der Waals surface area contributed by atoms with E-state index in [2.05, 4.69) is 38.0 Å². The van der Waals surface area contributed by atoms with Crippen LogP contribution in [0.3, 0.4) is 0 Å². The Labute approximate surface area is 484 Å². The minimum atomic E-state index is -5.88. The fraction of sp³-hybridized carbons (Fsp3) is 0.446. The number of halogens is 3. The summed E-state index contributed by atoms with van der Waals surface area (Å²) in [6, 6.07) is 9.12. The predicted molar refractivity (Wildman–Crippen MR) is 297 cm³/mol. The van der Waals surface area contributed by atoms with Crippen LogP contribution in [-0.4, -0.2) is 159 Å². The SMILES string of the molecule is CN1CC[C@H]2CC[C@@H](C(=O)N[C@H](C=O)C(N[C@H](C=O)C(c3ccc(Cl)cc3)N3CCC(CCC#Cc4cccc5c4CN(C4CCC(=O)NC4=O)C5=O)CC3)OC(N)=O)N2C(=O)[C@@H](NC(=O)c2cc3cc(C(F)(F)P(=O)(O)O)ccc3s2)C1. The van der Waals surface area contributed by atoms with E-state index in [0.29, 0.717) is 90.7 Å². The van der Waals surface area contributed by atoms with Crippen LogP contribution in [0.25, 0.3) is 10.1 Å². The van der Waals surface area contributed by atoms with Gasteiger partial charge in [0.1, 0.15) is 36.7 Å². The number of nitrogens with zero attached hydrogens (tertiary/aromatic N) is 4. The number of aldehydes is 2. The maximum absolute atomic E-state index is 14.6. The number of piperidine rings is 2. The molecule has 9 rings (SSSR count). The lowest BCUT2D eigenvalue weighted by atomic mass is 9.89. The first-order valence-electron chi connectivity index (χ1n) is 27.0. The highest BCUT2D eigenvalue weighted by molar-refractivity contribution is 7.52. The molecule has 0 spiro atoms. The molecule has 8 atom stereocenters. The Bertz CT molecular complexity index is 3330. The van der Waals surface area contributed by atoms with Gasteiger partial charge in [0.05, 0.1) is 17.0 Å². The molecule has 0 saturated carbocycles. The Morgan fingerprint density at radius 2 is 1.70 bits per heavy atom. The molecule has 83 heavy (non-hydrogen) atoms. The van der Waals surface area contributed by atoms with Gasteiger partial charge in [-0.3, -0.25) is 48.9 Å². The highest BCUT2D eigenvalue weighted by atomic mass is 35.5. The number of benzene rings is 3. The van der Waals surface area contributed by atoms with Gasteiger partial charge in [0, 0.05) is 58.4 Å². The van der Waals surface area contributed by atoms with E-state index in [1.165, 1.54) is 21.9 Å². The topological polar surface area (TPSA) is 307 Å². The molecular formula is C56H61ClF2N9O13PS. The van der Waals surface area contributed by atoms with Crippen LogP contribution in [-0.2, 0) is 50.3 Å². The van der Waals surface area contributed by atoms with Gasteiger partial charge in [-0.2, -0.15) is 8.78 Å². The quantitative estimate of drug-likeness (QED) is 0.0244. The summed E-state index contributed by atoms with van der Waals surface area (Å²) < 4.78 is 46.5. The fourth-order valence-electron chi connectivity index (χ4n) is 11.8. The van der Waals surface area contributed by atoms with E-state index < -0.39 is 97.1 Å². The minimum Gasteiger partial charge on any atom is -0.428 e. The first-order chi connectivity index (χ1) is 39.5. The lowest BCUT2D eigenvalue weighted by molar-refractivity contribution is -0.144. The maximum Gasteiger partial charge on any atom is 0.406 e. The smallest absolute Gasteiger partial charge is 0.406 e. The van der Waals surface area contributed by atoms with Gasteiger partial charge < -0.3 is 55.2 Å². The third-order valence-electron chi connectivity index (χ3n) is 16.1. The number of carbonyl (C=O) groups is 9. The van der Waals surface area contributed by atoms with Crippen molar-refractivity contribution in [2.75, 3.05) is 33.2 Å². The predicted octanol–water partition coefficient (Wildman–Crippen LogP) is 3.88. The Morgan fingerprint density at radius 1 is 0.964 bits per heavy atom. The zero-order valence-electron chi connectivity index (χ0n) is 44.8. The number of thiophene rings is 1. The van der Waals surface area contributed by atoms with Crippen LogP contribution in [0.1, 0.15) is 106 Å². The summed E-state index contributed by atoms with van der Waals surface area (Å²) >= 11 is 7.21. The number of amides is 7. The second-order valence-corrected chi connectivity index (χ2v) is 24.6. The summed E-state index contributed by atoms with van der Waals surface area (Å²) in [5.74, 6) is 3.42. The van der Waals surface area contributed by atoms with Crippen molar-refractivity contribution >= 4 is 94.7 Å². The second kappa shape index (κ2) is 25.5. The number of nitrogens with one attached hydrogen (secondary N) is 4. The van der Waals surface area contributed by atoms with Gasteiger partial charge >= 0.3 is 19.4 Å². The van der Waals surface area contributed by atoms with Gasteiger partial charge in [-0.1, -0.05) is 47.7 Å². The van der Waals surface area contributed by atoms with Crippen molar-refractivity contribution in [2.24, 2.45) is 11.7 Å². The van der Waals surface area contributed by atoms with Crippen molar-refractivity contribution in [1.82, 2.24) is 40.9 Å². The number of rotatable bonds is 18. The number of carbonyl (C=O) groups excluding carboxylic acids is 9. The van der Waals surface area contributed by atoms with Gasteiger partial charge in [0.15, 0.2) is 6.23 Å². The van der Waals surface area contributed by atoms with Crippen molar-refractivity contribution in [3.05, 3.63) is 104 Å². The highest BCUT2D eigenvalue weighted by Gasteiger charge is 2.51. The number of imide groups is 1. The third-order valence-corrected chi connectivity index (χ3v) is 18.4. The van der Waals surface area contributed by atoms with Crippen LogP contribution >= 0.6 is 30.5 Å². The average Bonchev–Trinajstić information content (AvgIpc) is 4.38. The Balaban J connectivity index is 0.853. The molecular weight excluding hydrogens is 1140 g/mol. The molecule has 5 aliphatic rings. The number of likely N-dealkylation sites (tertiary alicyclic amines) is 1. The number of likely N-dealkylation sites (N-methyl/N-ethyl adjacent to an activating group) is 1. The molecule has 6 heterocycles. The summed E-state index contributed by atoms with van der Waals surface area (Å²) in [4.78, 5) is 145. The number of fused-ring (bicyclic) bond motifs is 3. The van der Waals surface area contributed by atoms with Crippen molar-refractivity contribution in [3.8, 4) is 11.8 Å². The maximum atomic E-state index is 14.6. The molecule has 440 valence electrons. The molecule has 3 aromatic carbocycles. The Kier molecular flexibility index (Phi) is 18.6. The summed E-state index contributed by atoms with van der Waals surface area (Å²) in [6.45, 7) is 1.68.